The minimum absolute atomic E-state index is 1.18. The third-order valence-corrected chi connectivity index (χ3v) is 2.60. The highest BCUT2D eigenvalue weighted by Crippen LogP contribution is 2.08. The Morgan fingerprint density at radius 1 is 1.08 bits per heavy atom. The van der Waals surface area contributed by atoms with Crippen LogP contribution in [0, 0.1) is 0 Å². The van der Waals surface area contributed by atoms with Gasteiger partial charge in [0.25, 0.3) is 0 Å². The quantitative estimate of drug-likeness (QED) is 0.607. The third kappa shape index (κ3) is 4.07. The molecule has 0 saturated carbocycles. The molecule has 12 heavy (non-hydrogen) atoms. The van der Waals surface area contributed by atoms with Gasteiger partial charge in [-0.3, -0.25) is 0 Å². The molecule has 1 saturated heterocycles. The lowest BCUT2D eigenvalue weighted by Gasteiger charge is -2.13. The number of unbranched alkanes of at least 4 members (excludes halogenated alkanes) is 2. The minimum atomic E-state index is 1.18. The number of likely N-dealkylation sites (tertiary alicyclic amines) is 1. The first kappa shape index (κ1) is 10.0. The second-order valence-corrected chi connectivity index (χ2v) is 3.71. The Morgan fingerprint density at radius 2 is 1.83 bits per heavy atom. The average molecular weight is 170 g/mol. The summed E-state index contributed by atoms with van der Waals surface area (Å²) in [4.78, 5) is 2.60. The maximum absolute atomic E-state index is 3.18. The van der Waals surface area contributed by atoms with Gasteiger partial charge in [-0.05, 0) is 58.9 Å². The Hall–Kier alpha value is -0.0800. The second kappa shape index (κ2) is 6.44. The van der Waals surface area contributed by atoms with Crippen LogP contribution in [0.1, 0.15) is 32.1 Å². The van der Waals surface area contributed by atoms with Crippen molar-refractivity contribution in [3.63, 3.8) is 0 Å². The molecule has 0 aromatic carbocycles. The molecule has 1 aliphatic heterocycles. The van der Waals surface area contributed by atoms with Crippen molar-refractivity contribution in [2.75, 3.05) is 33.2 Å². The van der Waals surface area contributed by atoms with Crippen LogP contribution in [0.3, 0.4) is 0 Å². The summed E-state index contributed by atoms with van der Waals surface area (Å²) in [5, 5.41) is 3.18. The van der Waals surface area contributed by atoms with Crippen molar-refractivity contribution in [3.8, 4) is 0 Å². The standard InChI is InChI=1S/C10H22N2/c1-11-7-3-2-4-8-12-9-5-6-10-12/h11H,2-10H2,1H3. The lowest BCUT2D eigenvalue weighted by molar-refractivity contribution is 0.328. The summed E-state index contributed by atoms with van der Waals surface area (Å²) in [6, 6.07) is 0. The molecule has 0 aromatic heterocycles. The minimum Gasteiger partial charge on any atom is -0.320 e. The number of hydrogen-bond acceptors (Lipinski definition) is 2. The van der Waals surface area contributed by atoms with Crippen molar-refractivity contribution in [1.82, 2.24) is 10.2 Å². The lowest BCUT2D eigenvalue weighted by Crippen LogP contribution is -2.20. The van der Waals surface area contributed by atoms with Gasteiger partial charge in [-0.2, -0.15) is 0 Å². The molecule has 1 heterocycles. The Bertz CT molecular complexity index is 98.0. The molecule has 72 valence electrons. The molecule has 1 aliphatic rings. The van der Waals surface area contributed by atoms with Gasteiger partial charge in [-0.15, -0.1) is 0 Å². The number of hydrogen-bond donors (Lipinski definition) is 1. The van der Waals surface area contributed by atoms with E-state index in [4.69, 9.17) is 0 Å². The second-order valence-electron chi connectivity index (χ2n) is 3.71. The van der Waals surface area contributed by atoms with Crippen LogP contribution in [0.4, 0.5) is 0 Å². The highest BCUT2D eigenvalue weighted by Gasteiger charge is 2.09. The van der Waals surface area contributed by atoms with Crippen molar-refractivity contribution >= 4 is 0 Å². The summed E-state index contributed by atoms with van der Waals surface area (Å²) < 4.78 is 0. The Labute approximate surface area is 76.3 Å². The molecule has 0 radical (unpaired) electrons. The zero-order chi connectivity index (χ0) is 8.65. The van der Waals surface area contributed by atoms with Gasteiger partial charge < -0.3 is 10.2 Å². The summed E-state index contributed by atoms with van der Waals surface area (Å²) in [6.45, 7) is 5.22. The largest absolute Gasteiger partial charge is 0.320 e. The van der Waals surface area contributed by atoms with Gasteiger partial charge in [0.15, 0.2) is 0 Å². The van der Waals surface area contributed by atoms with Crippen LogP contribution >= 0.6 is 0 Å². The molecule has 1 rings (SSSR count). The highest BCUT2D eigenvalue weighted by atomic mass is 15.1. The van der Waals surface area contributed by atoms with Crippen LogP contribution in [0.15, 0.2) is 0 Å². The third-order valence-electron chi connectivity index (χ3n) is 2.60. The van der Waals surface area contributed by atoms with Gasteiger partial charge in [0.1, 0.15) is 0 Å². The summed E-state index contributed by atoms with van der Waals surface area (Å²) >= 11 is 0. The molecule has 0 aliphatic carbocycles. The van der Waals surface area contributed by atoms with E-state index in [1.54, 1.807) is 0 Å². The molecule has 2 heteroatoms. The first-order valence-corrected chi connectivity index (χ1v) is 5.30. The van der Waals surface area contributed by atoms with Crippen LogP contribution < -0.4 is 5.32 Å². The predicted octanol–water partition coefficient (Wildman–Crippen LogP) is 1.47. The van der Waals surface area contributed by atoms with E-state index in [9.17, 15) is 0 Å². The van der Waals surface area contributed by atoms with E-state index < -0.39 is 0 Å². The maximum Gasteiger partial charge on any atom is -0.00183 e. The van der Waals surface area contributed by atoms with Crippen LogP contribution in [-0.2, 0) is 0 Å². The molecule has 0 aromatic rings. The molecule has 0 bridgehead atoms. The van der Waals surface area contributed by atoms with Crippen molar-refractivity contribution in [3.05, 3.63) is 0 Å². The summed E-state index contributed by atoms with van der Waals surface area (Å²) in [6.07, 6.45) is 6.97. The molecule has 0 amide bonds. The normalized spacial score (nSPS) is 18.8. The number of nitrogens with one attached hydrogen (secondary N) is 1. The zero-order valence-electron chi connectivity index (χ0n) is 8.31. The van der Waals surface area contributed by atoms with Crippen LogP contribution in [0.5, 0.6) is 0 Å². The van der Waals surface area contributed by atoms with Gasteiger partial charge in [0.05, 0.1) is 0 Å². The van der Waals surface area contributed by atoms with E-state index in [0.717, 1.165) is 0 Å². The maximum atomic E-state index is 3.18. The monoisotopic (exact) mass is 170 g/mol. The topological polar surface area (TPSA) is 15.3 Å². The predicted molar refractivity (Wildman–Crippen MR) is 53.5 cm³/mol. The van der Waals surface area contributed by atoms with Crippen LogP contribution in [0.25, 0.3) is 0 Å². The number of rotatable bonds is 6. The average Bonchev–Trinajstić information content (AvgIpc) is 2.57. The fraction of sp³-hybridized carbons (Fsp3) is 1.00. The Balaban J connectivity index is 1.81. The van der Waals surface area contributed by atoms with Gasteiger partial charge in [0.2, 0.25) is 0 Å². The fourth-order valence-electron chi connectivity index (χ4n) is 1.82. The first-order chi connectivity index (χ1) is 5.93. The van der Waals surface area contributed by atoms with E-state index in [1.807, 2.05) is 7.05 Å². The first-order valence-electron chi connectivity index (χ1n) is 5.30. The van der Waals surface area contributed by atoms with Gasteiger partial charge in [-0.25, -0.2) is 0 Å². The molecule has 0 atom stereocenters. The van der Waals surface area contributed by atoms with Crippen LogP contribution in [0.2, 0.25) is 0 Å². The molecule has 0 unspecified atom stereocenters. The van der Waals surface area contributed by atoms with Gasteiger partial charge in [-0.1, -0.05) is 6.42 Å². The van der Waals surface area contributed by atoms with Gasteiger partial charge >= 0.3 is 0 Å². The molecule has 1 fully saturated rings. The summed E-state index contributed by atoms with van der Waals surface area (Å²) in [5.41, 5.74) is 0. The van der Waals surface area contributed by atoms with E-state index >= 15 is 0 Å². The summed E-state index contributed by atoms with van der Waals surface area (Å²) in [7, 11) is 2.03. The smallest absolute Gasteiger partial charge is 0.00183 e. The van der Waals surface area contributed by atoms with Gasteiger partial charge in [0, 0.05) is 0 Å². The van der Waals surface area contributed by atoms with Crippen molar-refractivity contribution < 1.29 is 0 Å². The van der Waals surface area contributed by atoms with Crippen molar-refractivity contribution in [2.24, 2.45) is 0 Å². The van der Waals surface area contributed by atoms with E-state index in [2.05, 4.69) is 10.2 Å². The molecule has 0 spiro atoms. The van der Waals surface area contributed by atoms with E-state index in [0.29, 0.717) is 0 Å². The van der Waals surface area contributed by atoms with Crippen molar-refractivity contribution in [2.45, 2.75) is 32.1 Å². The fourth-order valence-corrected chi connectivity index (χ4v) is 1.82. The number of nitrogens with zero attached hydrogens (tertiary/aromatic N) is 1. The molecular weight excluding hydrogens is 148 g/mol. The summed E-state index contributed by atoms with van der Waals surface area (Å²) in [5.74, 6) is 0. The SMILES string of the molecule is CNCCCCCN1CCCC1. The Kier molecular flexibility index (Phi) is 5.37. The van der Waals surface area contributed by atoms with E-state index in [-0.39, 0.29) is 0 Å². The van der Waals surface area contributed by atoms with E-state index in [1.165, 1.54) is 58.3 Å². The molecular formula is C10H22N2. The molecule has 1 N–H and O–H groups in total. The molecule has 2 nitrogen and oxygen atoms in total. The van der Waals surface area contributed by atoms with Crippen molar-refractivity contribution in [1.29, 1.82) is 0 Å². The zero-order valence-corrected chi connectivity index (χ0v) is 8.31. The van der Waals surface area contributed by atoms with Crippen LogP contribution in [-0.4, -0.2) is 38.1 Å². The Morgan fingerprint density at radius 3 is 2.50 bits per heavy atom. The lowest BCUT2D eigenvalue weighted by atomic mass is 10.2. The highest BCUT2D eigenvalue weighted by molar-refractivity contribution is 4.65.